The van der Waals surface area contributed by atoms with Gasteiger partial charge < -0.3 is 25.2 Å². The van der Waals surface area contributed by atoms with Crippen LogP contribution in [0.2, 0.25) is 10.0 Å². The maximum atomic E-state index is 14.4. The summed E-state index contributed by atoms with van der Waals surface area (Å²) in [7, 11) is 0. The number of anilines is 2. The highest BCUT2D eigenvalue weighted by Gasteiger charge is 2.19. The van der Waals surface area contributed by atoms with Crippen molar-refractivity contribution in [2.45, 2.75) is 45.3 Å². The molecule has 1 fully saturated rings. The SMILES string of the molecule is CC(C)(C)OC=O.Oc1cc2ncnc(Nc3ccc(Cl)c(Cl)c3F)c2cc1OC1CCNCC1. The highest BCUT2D eigenvalue weighted by Crippen LogP contribution is 2.36. The molecule has 0 spiro atoms. The second kappa shape index (κ2) is 11.7. The minimum atomic E-state index is -0.675. The van der Waals surface area contributed by atoms with Gasteiger partial charge in [0.2, 0.25) is 0 Å². The fourth-order valence-corrected chi connectivity index (χ4v) is 3.56. The maximum absolute atomic E-state index is 14.4. The lowest BCUT2D eigenvalue weighted by molar-refractivity contribution is -0.138. The van der Waals surface area contributed by atoms with Crippen molar-refractivity contribution in [1.29, 1.82) is 0 Å². The van der Waals surface area contributed by atoms with Crippen LogP contribution >= 0.6 is 23.2 Å². The molecule has 1 aliphatic rings. The topological polar surface area (TPSA) is 106 Å². The molecule has 4 rings (SSSR count). The number of phenols is 1. The largest absolute Gasteiger partial charge is 0.504 e. The number of nitrogens with zero attached hydrogens (tertiary/aromatic N) is 2. The van der Waals surface area contributed by atoms with Gasteiger partial charge in [0.1, 0.15) is 23.9 Å². The molecule has 2 aromatic carbocycles. The first-order valence-corrected chi connectivity index (χ1v) is 11.7. The molecule has 0 saturated carbocycles. The Morgan fingerprint density at radius 2 is 1.91 bits per heavy atom. The Hall–Kier alpha value is -2.88. The number of carbonyl (C=O) groups is 1. The van der Waals surface area contributed by atoms with Gasteiger partial charge in [0.25, 0.3) is 6.47 Å². The number of hydrogen-bond acceptors (Lipinski definition) is 8. The van der Waals surface area contributed by atoms with Gasteiger partial charge in [-0.15, -0.1) is 0 Å². The molecule has 188 valence electrons. The summed E-state index contributed by atoms with van der Waals surface area (Å²) in [6.07, 6.45) is 3.04. The third kappa shape index (κ3) is 7.30. The molecule has 8 nitrogen and oxygen atoms in total. The lowest BCUT2D eigenvalue weighted by Crippen LogP contribution is -2.34. The number of nitrogens with one attached hydrogen (secondary N) is 2. The molecule has 35 heavy (non-hydrogen) atoms. The quantitative estimate of drug-likeness (QED) is 0.292. The molecule has 0 bridgehead atoms. The molecule has 1 aliphatic heterocycles. The van der Waals surface area contributed by atoms with E-state index in [1.807, 2.05) is 20.8 Å². The standard InChI is InChI=1S/C19H17Cl2FN4O2.C5H10O2/c20-12-1-2-13(18(22)17(12)21)26-19-11-7-16(28-10-3-5-23-6-4-10)15(27)8-14(11)24-9-25-19;1-5(2,3)7-4-6/h1-2,7-10,23,27H,3-6H2,(H,24,25,26);4H,1-3H3. The molecule has 11 heteroatoms. The van der Waals surface area contributed by atoms with E-state index in [9.17, 15) is 14.3 Å². The fourth-order valence-electron chi connectivity index (χ4n) is 3.25. The monoisotopic (exact) mass is 524 g/mol. The Bertz CT molecular complexity index is 1180. The van der Waals surface area contributed by atoms with E-state index >= 15 is 0 Å². The Morgan fingerprint density at radius 3 is 2.54 bits per heavy atom. The second-order valence-electron chi connectivity index (χ2n) is 8.80. The fraction of sp³-hybridized carbons (Fsp3) is 0.375. The summed E-state index contributed by atoms with van der Waals surface area (Å²) in [6.45, 7) is 7.65. The van der Waals surface area contributed by atoms with Crippen LogP contribution in [0, 0.1) is 5.82 Å². The summed E-state index contributed by atoms with van der Waals surface area (Å²) < 4.78 is 24.9. The van der Waals surface area contributed by atoms with Gasteiger partial charge in [-0.25, -0.2) is 14.4 Å². The smallest absolute Gasteiger partial charge is 0.293 e. The van der Waals surface area contributed by atoms with E-state index in [2.05, 4.69) is 25.3 Å². The number of carbonyl (C=O) groups excluding carboxylic acids is 1. The number of piperidine rings is 1. The zero-order chi connectivity index (χ0) is 25.6. The van der Waals surface area contributed by atoms with Gasteiger partial charge >= 0.3 is 0 Å². The third-order valence-corrected chi connectivity index (χ3v) is 5.77. The average molecular weight is 525 g/mol. The van der Waals surface area contributed by atoms with Crippen LogP contribution in [0.15, 0.2) is 30.6 Å². The minimum Gasteiger partial charge on any atom is -0.504 e. The van der Waals surface area contributed by atoms with E-state index in [1.54, 1.807) is 6.07 Å². The zero-order valence-electron chi connectivity index (χ0n) is 19.6. The number of ether oxygens (including phenoxy) is 2. The molecule has 1 aromatic heterocycles. The zero-order valence-corrected chi connectivity index (χ0v) is 21.1. The first kappa shape index (κ1) is 26.7. The number of benzene rings is 2. The predicted molar refractivity (Wildman–Crippen MR) is 134 cm³/mol. The van der Waals surface area contributed by atoms with Crippen molar-refractivity contribution >= 4 is 52.1 Å². The minimum absolute atomic E-state index is 0.00333. The van der Waals surface area contributed by atoms with Crippen LogP contribution in [-0.2, 0) is 9.53 Å². The van der Waals surface area contributed by atoms with Crippen LogP contribution in [0.1, 0.15) is 33.6 Å². The van der Waals surface area contributed by atoms with E-state index in [0.29, 0.717) is 28.9 Å². The summed E-state index contributed by atoms with van der Waals surface area (Å²) in [5.74, 6) is 0.0200. The van der Waals surface area contributed by atoms with E-state index in [-0.39, 0.29) is 33.2 Å². The number of hydrogen-bond donors (Lipinski definition) is 3. The van der Waals surface area contributed by atoms with Crippen LogP contribution in [0.4, 0.5) is 15.9 Å². The van der Waals surface area contributed by atoms with Crippen molar-refractivity contribution in [2.24, 2.45) is 0 Å². The van der Waals surface area contributed by atoms with Crippen molar-refractivity contribution in [3.8, 4) is 11.5 Å². The van der Waals surface area contributed by atoms with Gasteiger partial charge in [-0.2, -0.15) is 0 Å². The summed E-state index contributed by atoms with van der Waals surface area (Å²) in [4.78, 5) is 18.0. The van der Waals surface area contributed by atoms with Gasteiger partial charge in [0.05, 0.1) is 21.2 Å². The molecule has 0 amide bonds. The number of halogens is 3. The Morgan fingerprint density at radius 1 is 1.20 bits per heavy atom. The summed E-state index contributed by atoms with van der Waals surface area (Å²) in [5.41, 5.74) is 0.304. The van der Waals surface area contributed by atoms with Crippen molar-refractivity contribution in [1.82, 2.24) is 15.3 Å². The highest BCUT2D eigenvalue weighted by atomic mass is 35.5. The van der Waals surface area contributed by atoms with Crippen molar-refractivity contribution in [3.63, 3.8) is 0 Å². The lowest BCUT2D eigenvalue weighted by Gasteiger charge is -2.24. The number of phenolic OH excluding ortho intramolecular Hbond substituents is 1. The number of aromatic nitrogens is 2. The normalized spacial score (nSPS) is 14.1. The molecule has 3 N–H and O–H groups in total. The third-order valence-electron chi connectivity index (χ3n) is 4.99. The van der Waals surface area contributed by atoms with Gasteiger partial charge in [0, 0.05) is 11.5 Å². The Kier molecular flexibility index (Phi) is 8.93. The molecule has 2 heterocycles. The van der Waals surface area contributed by atoms with Gasteiger partial charge in [0.15, 0.2) is 17.3 Å². The van der Waals surface area contributed by atoms with Gasteiger partial charge in [-0.3, -0.25) is 4.79 Å². The molecular formula is C24H27Cl2FN4O4. The average Bonchev–Trinajstić information content (AvgIpc) is 2.80. The Balaban J connectivity index is 0.000000429. The summed E-state index contributed by atoms with van der Waals surface area (Å²) in [6, 6.07) is 6.13. The number of fused-ring (bicyclic) bond motifs is 1. The maximum Gasteiger partial charge on any atom is 0.293 e. The van der Waals surface area contributed by atoms with Crippen molar-refractivity contribution in [3.05, 3.63) is 46.5 Å². The van der Waals surface area contributed by atoms with E-state index < -0.39 is 5.82 Å². The molecule has 0 atom stereocenters. The molecule has 0 unspecified atom stereocenters. The summed E-state index contributed by atoms with van der Waals surface area (Å²) in [5, 5.41) is 17.0. The van der Waals surface area contributed by atoms with Crippen molar-refractivity contribution in [2.75, 3.05) is 18.4 Å². The van der Waals surface area contributed by atoms with Gasteiger partial charge in [-0.1, -0.05) is 23.2 Å². The molecular weight excluding hydrogens is 498 g/mol. The molecule has 1 saturated heterocycles. The first-order valence-electron chi connectivity index (χ1n) is 11.0. The first-order chi connectivity index (χ1) is 16.6. The Labute approximate surface area is 212 Å². The molecule has 3 aromatic rings. The molecule has 0 radical (unpaired) electrons. The van der Waals surface area contributed by atoms with Crippen LogP contribution < -0.4 is 15.4 Å². The van der Waals surface area contributed by atoms with E-state index in [4.69, 9.17) is 27.9 Å². The van der Waals surface area contributed by atoms with Crippen molar-refractivity contribution < 1.29 is 23.8 Å². The number of aromatic hydroxyl groups is 1. The number of rotatable bonds is 5. The van der Waals surface area contributed by atoms with Gasteiger partial charge in [-0.05, 0) is 64.9 Å². The van der Waals surface area contributed by atoms with Crippen LogP contribution in [0.5, 0.6) is 11.5 Å². The predicted octanol–water partition coefficient (Wildman–Crippen LogP) is 5.61. The van der Waals surface area contributed by atoms with E-state index in [0.717, 1.165) is 25.9 Å². The second-order valence-corrected chi connectivity index (χ2v) is 9.59. The van der Waals surface area contributed by atoms with Crippen LogP contribution in [0.25, 0.3) is 10.9 Å². The van der Waals surface area contributed by atoms with E-state index in [1.165, 1.54) is 24.5 Å². The molecule has 0 aliphatic carbocycles. The summed E-state index contributed by atoms with van der Waals surface area (Å²) >= 11 is 11.7. The van der Waals surface area contributed by atoms with Crippen LogP contribution in [0.3, 0.4) is 0 Å². The lowest BCUT2D eigenvalue weighted by atomic mass is 10.1. The highest BCUT2D eigenvalue weighted by molar-refractivity contribution is 6.42. The van der Waals surface area contributed by atoms with Crippen LogP contribution in [-0.4, -0.2) is 46.3 Å².